The van der Waals surface area contributed by atoms with Gasteiger partial charge in [-0.1, -0.05) is 38.1 Å². The maximum atomic E-state index is 10.2. The molecule has 2 rings (SSSR count). The van der Waals surface area contributed by atoms with Gasteiger partial charge < -0.3 is 5.11 Å². The van der Waals surface area contributed by atoms with Gasteiger partial charge in [0.1, 0.15) is 0 Å². The number of aromatic nitrogens is 1. The largest absolute Gasteiger partial charge is 0.386 e. The molecule has 0 bridgehead atoms. The van der Waals surface area contributed by atoms with Crippen LogP contribution in [0.2, 0.25) is 0 Å². The Morgan fingerprint density at radius 1 is 1.11 bits per heavy atom. The molecule has 2 aromatic rings. The Morgan fingerprint density at radius 2 is 1.79 bits per heavy atom. The van der Waals surface area contributed by atoms with E-state index < -0.39 is 6.10 Å². The van der Waals surface area contributed by atoms with Gasteiger partial charge in [0.2, 0.25) is 0 Å². The van der Waals surface area contributed by atoms with E-state index in [9.17, 15) is 5.11 Å². The molecule has 0 saturated heterocycles. The summed E-state index contributed by atoms with van der Waals surface area (Å²) in [6, 6.07) is 12.2. The van der Waals surface area contributed by atoms with Crippen molar-refractivity contribution in [1.29, 1.82) is 0 Å². The molecule has 1 unspecified atom stereocenters. The number of rotatable bonds is 4. The average molecular weight is 320 g/mol. The Hall–Kier alpha value is -1.19. The molecule has 1 heterocycles. The second-order valence-electron chi connectivity index (χ2n) is 5.02. The maximum Gasteiger partial charge on any atom is 0.0999 e. The molecule has 0 aliphatic rings. The SMILES string of the molecule is CC(C)c1ccc(CC(O)c2ccc(Br)cn2)cc1. The van der Waals surface area contributed by atoms with Crippen LogP contribution in [0.3, 0.4) is 0 Å². The van der Waals surface area contributed by atoms with Crippen molar-refractivity contribution in [3.8, 4) is 0 Å². The highest BCUT2D eigenvalue weighted by molar-refractivity contribution is 9.10. The summed E-state index contributed by atoms with van der Waals surface area (Å²) in [5.41, 5.74) is 3.15. The molecule has 1 N–H and O–H groups in total. The molecule has 1 atom stereocenters. The van der Waals surface area contributed by atoms with Gasteiger partial charge in [0.15, 0.2) is 0 Å². The molecule has 0 aliphatic carbocycles. The highest BCUT2D eigenvalue weighted by atomic mass is 79.9. The Bertz CT molecular complexity index is 519. The second kappa shape index (κ2) is 6.31. The monoisotopic (exact) mass is 319 g/mol. The predicted molar refractivity (Wildman–Crippen MR) is 81.1 cm³/mol. The summed E-state index contributed by atoms with van der Waals surface area (Å²) in [6.07, 6.45) is 1.74. The first-order valence-electron chi connectivity index (χ1n) is 6.44. The zero-order valence-electron chi connectivity index (χ0n) is 11.2. The van der Waals surface area contributed by atoms with E-state index in [0.29, 0.717) is 18.0 Å². The fourth-order valence-corrected chi connectivity index (χ4v) is 2.19. The minimum absolute atomic E-state index is 0.534. The molecule has 0 amide bonds. The van der Waals surface area contributed by atoms with Crippen LogP contribution >= 0.6 is 15.9 Å². The molecule has 100 valence electrons. The fourth-order valence-electron chi connectivity index (χ4n) is 1.95. The Balaban J connectivity index is 2.06. The molecule has 1 aromatic carbocycles. The molecular formula is C16H18BrNO. The van der Waals surface area contributed by atoms with Crippen molar-refractivity contribution in [3.63, 3.8) is 0 Å². The Morgan fingerprint density at radius 3 is 2.32 bits per heavy atom. The minimum Gasteiger partial charge on any atom is -0.386 e. The van der Waals surface area contributed by atoms with E-state index in [1.165, 1.54) is 5.56 Å². The van der Waals surface area contributed by atoms with Crippen LogP contribution in [0.5, 0.6) is 0 Å². The number of hydrogen-bond donors (Lipinski definition) is 1. The van der Waals surface area contributed by atoms with Crippen molar-refractivity contribution in [2.75, 3.05) is 0 Å². The fraction of sp³-hybridized carbons (Fsp3) is 0.312. The highest BCUT2D eigenvalue weighted by Crippen LogP contribution is 2.20. The lowest BCUT2D eigenvalue weighted by atomic mass is 9.99. The van der Waals surface area contributed by atoms with Crippen molar-refractivity contribution < 1.29 is 5.11 Å². The first-order valence-corrected chi connectivity index (χ1v) is 7.24. The molecule has 0 fully saturated rings. The lowest BCUT2D eigenvalue weighted by molar-refractivity contribution is 0.173. The number of halogens is 1. The summed E-state index contributed by atoms with van der Waals surface area (Å²) in [6.45, 7) is 4.35. The normalized spacial score (nSPS) is 12.7. The average Bonchev–Trinajstić information content (AvgIpc) is 2.40. The standard InChI is InChI=1S/C16H18BrNO/c1-11(2)13-5-3-12(4-6-13)9-16(19)15-8-7-14(17)10-18-15/h3-8,10-11,16,19H,9H2,1-2H3. The summed E-state index contributed by atoms with van der Waals surface area (Å²) in [5, 5.41) is 10.2. The quantitative estimate of drug-likeness (QED) is 0.914. The molecule has 19 heavy (non-hydrogen) atoms. The van der Waals surface area contributed by atoms with E-state index >= 15 is 0 Å². The third-order valence-electron chi connectivity index (χ3n) is 3.17. The van der Waals surface area contributed by atoms with Gasteiger partial charge in [0, 0.05) is 17.1 Å². The number of hydrogen-bond acceptors (Lipinski definition) is 2. The van der Waals surface area contributed by atoms with Gasteiger partial charge in [-0.05, 0) is 45.1 Å². The van der Waals surface area contributed by atoms with Crippen LogP contribution in [0.4, 0.5) is 0 Å². The van der Waals surface area contributed by atoms with Gasteiger partial charge in [-0.15, -0.1) is 0 Å². The van der Waals surface area contributed by atoms with Gasteiger partial charge in [0.25, 0.3) is 0 Å². The zero-order chi connectivity index (χ0) is 13.8. The lowest BCUT2D eigenvalue weighted by Gasteiger charge is -2.11. The van der Waals surface area contributed by atoms with Crippen molar-refractivity contribution in [2.45, 2.75) is 32.3 Å². The van der Waals surface area contributed by atoms with Gasteiger partial charge in [-0.25, -0.2) is 0 Å². The topological polar surface area (TPSA) is 33.1 Å². The molecule has 0 aliphatic heterocycles. The molecule has 0 radical (unpaired) electrons. The smallest absolute Gasteiger partial charge is 0.0999 e. The van der Waals surface area contributed by atoms with Crippen molar-refractivity contribution >= 4 is 15.9 Å². The summed E-state index contributed by atoms with van der Waals surface area (Å²) >= 11 is 3.34. The van der Waals surface area contributed by atoms with Gasteiger partial charge in [-0.3, -0.25) is 4.98 Å². The molecule has 0 saturated carbocycles. The minimum atomic E-state index is -0.557. The van der Waals surface area contributed by atoms with E-state index in [-0.39, 0.29) is 0 Å². The third kappa shape index (κ3) is 3.88. The van der Waals surface area contributed by atoms with Crippen LogP contribution in [-0.4, -0.2) is 10.1 Å². The van der Waals surface area contributed by atoms with Crippen molar-refractivity contribution in [3.05, 3.63) is 63.9 Å². The first kappa shape index (κ1) is 14.2. The van der Waals surface area contributed by atoms with Gasteiger partial charge in [0.05, 0.1) is 11.8 Å². The summed E-state index contributed by atoms with van der Waals surface area (Å²) in [7, 11) is 0. The van der Waals surface area contributed by atoms with Crippen molar-refractivity contribution in [2.24, 2.45) is 0 Å². The molecule has 1 aromatic heterocycles. The van der Waals surface area contributed by atoms with E-state index in [1.54, 1.807) is 6.20 Å². The van der Waals surface area contributed by atoms with E-state index in [2.05, 4.69) is 59.0 Å². The zero-order valence-corrected chi connectivity index (χ0v) is 12.8. The number of nitrogens with zero attached hydrogens (tertiary/aromatic N) is 1. The summed E-state index contributed by atoms with van der Waals surface area (Å²) in [4.78, 5) is 4.22. The van der Waals surface area contributed by atoms with Gasteiger partial charge >= 0.3 is 0 Å². The van der Waals surface area contributed by atoms with E-state index in [4.69, 9.17) is 0 Å². The van der Waals surface area contributed by atoms with Crippen LogP contribution < -0.4 is 0 Å². The van der Waals surface area contributed by atoms with Crippen LogP contribution in [0, 0.1) is 0 Å². The van der Waals surface area contributed by atoms with Crippen LogP contribution in [0.25, 0.3) is 0 Å². The second-order valence-corrected chi connectivity index (χ2v) is 5.93. The Kier molecular flexibility index (Phi) is 4.72. The van der Waals surface area contributed by atoms with E-state index in [0.717, 1.165) is 10.0 Å². The number of benzene rings is 1. The number of aliphatic hydroxyl groups is 1. The van der Waals surface area contributed by atoms with Crippen molar-refractivity contribution in [1.82, 2.24) is 4.98 Å². The Labute approximate surface area is 122 Å². The molecule has 0 spiro atoms. The van der Waals surface area contributed by atoms with Crippen LogP contribution in [-0.2, 0) is 6.42 Å². The van der Waals surface area contributed by atoms with Crippen LogP contribution in [0.15, 0.2) is 47.1 Å². The highest BCUT2D eigenvalue weighted by Gasteiger charge is 2.10. The number of pyridine rings is 1. The first-order chi connectivity index (χ1) is 9.06. The predicted octanol–water partition coefficient (Wildman–Crippen LogP) is 4.24. The van der Waals surface area contributed by atoms with Gasteiger partial charge in [-0.2, -0.15) is 0 Å². The van der Waals surface area contributed by atoms with E-state index in [1.807, 2.05) is 12.1 Å². The third-order valence-corrected chi connectivity index (χ3v) is 3.64. The number of aliphatic hydroxyl groups excluding tert-OH is 1. The summed E-state index contributed by atoms with van der Waals surface area (Å²) in [5.74, 6) is 0.534. The lowest BCUT2D eigenvalue weighted by Crippen LogP contribution is -2.04. The van der Waals surface area contributed by atoms with Crippen LogP contribution in [0.1, 0.15) is 42.7 Å². The maximum absolute atomic E-state index is 10.2. The molecular weight excluding hydrogens is 302 g/mol. The molecule has 3 heteroatoms. The molecule has 2 nitrogen and oxygen atoms in total. The summed E-state index contributed by atoms with van der Waals surface area (Å²) < 4.78 is 0.921.